The Hall–Kier alpha value is -3.67. The van der Waals surface area contributed by atoms with Crippen LogP contribution in [0.5, 0.6) is 0 Å². The third kappa shape index (κ3) is 6.01. The average Bonchev–Trinajstić information content (AvgIpc) is 2.81. The van der Waals surface area contributed by atoms with E-state index in [1.807, 2.05) is 6.92 Å². The summed E-state index contributed by atoms with van der Waals surface area (Å²) in [5.74, 6) is -0.362. The summed E-state index contributed by atoms with van der Waals surface area (Å²) < 4.78 is 58.2. The minimum absolute atomic E-state index is 0.0263. The molecular formula is C22H21F4N7O. The molecule has 0 bridgehead atoms. The highest BCUT2D eigenvalue weighted by Crippen LogP contribution is 2.31. The summed E-state index contributed by atoms with van der Waals surface area (Å²) in [6.07, 6.45) is -1.91. The summed E-state index contributed by atoms with van der Waals surface area (Å²) in [6.45, 7) is 3.52. The van der Waals surface area contributed by atoms with Crippen molar-refractivity contribution < 1.29 is 22.3 Å². The van der Waals surface area contributed by atoms with E-state index >= 15 is 0 Å². The number of aromatic nitrogens is 3. The van der Waals surface area contributed by atoms with Crippen LogP contribution in [0.4, 0.5) is 40.7 Å². The van der Waals surface area contributed by atoms with Gasteiger partial charge < -0.3 is 15.0 Å². The molecule has 0 spiro atoms. The molecule has 0 saturated carbocycles. The first kappa shape index (κ1) is 23.5. The van der Waals surface area contributed by atoms with Crippen LogP contribution in [-0.4, -0.2) is 40.8 Å². The number of morpholine rings is 1. The SMILES string of the molecule is CC1CN(c2nc(N=NCc3ccc(Nc4cccc(C(F)(F)F)c4)cn3)ncc2F)CCO1. The van der Waals surface area contributed by atoms with Crippen LogP contribution >= 0.6 is 0 Å². The molecular weight excluding hydrogens is 454 g/mol. The maximum Gasteiger partial charge on any atom is 0.416 e. The van der Waals surface area contributed by atoms with Gasteiger partial charge in [0.05, 0.1) is 42.0 Å². The molecule has 1 N–H and O–H groups in total. The number of hydrogen-bond acceptors (Lipinski definition) is 8. The van der Waals surface area contributed by atoms with Crippen LogP contribution < -0.4 is 10.2 Å². The molecule has 3 aromatic rings. The first-order valence-corrected chi connectivity index (χ1v) is 10.4. The second-order valence-corrected chi connectivity index (χ2v) is 7.61. The summed E-state index contributed by atoms with van der Waals surface area (Å²) in [4.78, 5) is 14.0. The molecule has 3 heterocycles. The standard InChI is InChI=1S/C22H21F4N7O/c1-14-13-33(7-8-34-14)20-19(23)12-28-21(31-20)32-29-11-17-5-6-18(10-27-17)30-16-4-2-3-15(9-16)22(24,25)26/h2-6,9-10,12,14,30H,7-8,11,13H2,1H3. The number of pyridine rings is 1. The number of ether oxygens (including phenoxy) is 1. The van der Waals surface area contributed by atoms with Crippen LogP contribution in [0.1, 0.15) is 18.2 Å². The predicted molar refractivity (Wildman–Crippen MR) is 117 cm³/mol. The first-order chi connectivity index (χ1) is 16.3. The smallest absolute Gasteiger partial charge is 0.375 e. The van der Waals surface area contributed by atoms with E-state index in [0.29, 0.717) is 36.8 Å². The first-order valence-electron chi connectivity index (χ1n) is 10.4. The van der Waals surface area contributed by atoms with Crippen LogP contribution in [0.2, 0.25) is 0 Å². The molecule has 0 aliphatic carbocycles. The molecule has 2 aromatic heterocycles. The van der Waals surface area contributed by atoms with Gasteiger partial charge in [-0.05, 0) is 37.3 Å². The second-order valence-electron chi connectivity index (χ2n) is 7.61. The summed E-state index contributed by atoms with van der Waals surface area (Å²) in [6, 6.07) is 8.23. The molecule has 0 radical (unpaired) electrons. The number of alkyl halides is 3. The summed E-state index contributed by atoms with van der Waals surface area (Å²) in [7, 11) is 0. The number of nitrogens with zero attached hydrogens (tertiary/aromatic N) is 6. The number of halogens is 4. The van der Waals surface area contributed by atoms with Gasteiger partial charge in [0.1, 0.15) is 6.54 Å². The minimum Gasteiger partial charge on any atom is -0.375 e. The quantitative estimate of drug-likeness (QED) is 0.385. The number of rotatable bonds is 6. The Bertz CT molecular complexity index is 1150. The van der Waals surface area contributed by atoms with Crippen LogP contribution in [0.3, 0.4) is 0 Å². The summed E-state index contributed by atoms with van der Waals surface area (Å²) in [5, 5.41) is 10.9. The van der Waals surface area contributed by atoms with Crippen molar-refractivity contribution in [3.05, 3.63) is 65.9 Å². The number of hydrogen-bond donors (Lipinski definition) is 1. The molecule has 1 atom stereocenters. The van der Waals surface area contributed by atoms with Crippen molar-refractivity contribution in [1.29, 1.82) is 0 Å². The second kappa shape index (κ2) is 10.1. The zero-order chi connectivity index (χ0) is 24.1. The average molecular weight is 475 g/mol. The van der Waals surface area contributed by atoms with E-state index in [9.17, 15) is 17.6 Å². The number of benzene rings is 1. The lowest BCUT2D eigenvalue weighted by atomic mass is 10.2. The van der Waals surface area contributed by atoms with Gasteiger partial charge in [-0.25, -0.2) is 9.37 Å². The molecule has 1 unspecified atom stereocenters. The largest absolute Gasteiger partial charge is 0.416 e. The topological polar surface area (TPSA) is 87.9 Å². The number of azo groups is 1. The molecule has 8 nitrogen and oxygen atoms in total. The Labute approximate surface area is 192 Å². The molecule has 178 valence electrons. The van der Waals surface area contributed by atoms with Crippen molar-refractivity contribution in [2.24, 2.45) is 10.2 Å². The summed E-state index contributed by atoms with van der Waals surface area (Å²) >= 11 is 0. The lowest BCUT2D eigenvalue weighted by Crippen LogP contribution is -2.42. The molecule has 1 saturated heterocycles. The Morgan fingerprint density at radius 1 is 1.15 bits per heavy atom. The van der Waals surface area contributed by atoms with Gasteiger partial charge in [0.2, 0.25) is 0 Å². The molecule has 34 heavy (non-hydrogen) atoms. The van der Waals surface area contributed by atoms with Gasteiger partial charge in [-0.3, -0.25) is 4.98 Å². The van der Waals surface area contributed by atoms with Crippen molar-refractivity contribution in [2.45, 2.75) is 25.7 Å². The van der Waals surface area contributed by atoms with E-state index in [2.05, 4.69) is 30.5 Å². The minimum atomic E-state index is -4.42. The lowest BCUT2D eigenvalue weighted by molar-refractivity contribution is -0.137. The van der Waals surface area contributed by atoms with E-state index in [1.54, 1.807) is 17.0 Å². The third-order valence-corrected chi connectivity index (χ3v) is 4.95. The lowest BCUT2D eigenvalue weighted by Gasteiger charge is -2.31. The van der Waals surface area contributed by atoms with Crippen molar-refractivity contribution in [1.82, 2.24) is 15.0 Å². The zero-order valence-corrected chi connectivity index (χ0v) is 18.1. The summed E-state index contributed by atoms with van der Waals surface area (Å²) in [5.41, 5.74) is 0.647. The third-order valence-electron chi connectivity index (χ3n) is 4.95. The van der Waals surface area contributed by atoms with Gasteiger partial charge in [0.25, 0.3) is 5.95 Å². The highest BCUT2D eigenvalue weighted by atomic mass is 19.4. The zero-order valence-electron chi connectivity index (χ0n) is 18.1. The van der Waals surface area contributed by atoms with Crippen LogP contribution in [0, 0.1) is 5.82 Å². The Morgan fingerprint density at radius 2 is 2.00 bits per heavy atom. The van der Waals surface area contributed by atoms with E-state index in [4.69, 9.17) is 4.74 Å². The molecule has 1 fully saturated rings. The van der Waals surface area contributed by atoms with Gasteiger partial charge in [-0.1, -0.05) is 6.07 Å². The molecule has 4 rings (SSSR count). The fourth-order valence-corrected chi connectivity index (χ4v) is 3.33. The molecule has 1 aliphatic heterocycles. The Morgan fingerprint density at radius 3 is 2.74 bits per heavy atom. The number of nitrogens with one attached hydrogen (secondary N) is 1. The molecule has 12 heteroatoms. The van der Waals surface area contributed by atoms with Gasteiger partial charge in [-0.2, -0.15) is 23.3 Å². The van der Waals surface area contributed by atoms with Crippen LogP contribution in [0.25, 0.3) is 0 Å². The van der Waals surface area contributed by atoms with E-state index in [0.717, 1.165) is 18.3 Å². The van der Waals surface area contributed by atoms with Gasteiger partial charge in [-0.15, -0.1) is 5.11 Å². The van der Waals surface area contributed by atoms with E-state index in [1.165, 1.54) is 18.3 Å². The fourth-order valence-electron chi connectivity index (χ4n) is 3.33. The molecule has 1 aliphatic rings. The monoisotopic (exact) mass is 475 g/mol. The molecule has 0 amide bonds. The van der Waals surface area contributed by atoms with Crippen LogP contribution in [0.15, 0.2) is 59.0 Å². The Kier molecular flexibility index (Phi) is 6.96. The van der Waals surface area contributed by atoms with Crippen molar-refractivity contribution in [3.63, 3.8) is 0 Å². The molecule has 1 aromatic carbocycles. The van der Waals surface area contributed by atoms with Crippen molar-refractivity contribution in [3.8, 4) is 0 Å². The maximum atomic E-state index is 14.2. The predicted octanol–water partition coefficient (Wildman–Crippen LogP) is 5.28. The highest BCUT2D eigenvalue weighted by Gasteiger charge is 2.30. The van der Waals surface area contributed by atoms with E-state index in [-0.39, 0.29) is 24.4 Å². The normalized spacial score (nSPS) is 16.7. The van der Waals surface area contributed by atoms with Crippen molar-refractivity contribution in [2.75, 3.05) is 29.9 Å². The van der Waals surface area contributed by atoms with Crippen molar-refractivity contribution >= 4 is 23.1 Å². The van der Waals surface area contributed by atoms with Gasteiger partial charge in [0.15, 0.2) is 11.6 Å². The van der Waals surface area contributed by atoms with Gasteiger partial charge >= 0.3 is 6.18 Å². The van der Waals surface area contributed by atoms with E-state index < -0.39 is 17.6 Å². The number of anilines is 3. The maximum absolute atomic E-state index is 14.2. The highest BCUT2D eigenvalue weighted by molar-refractivity contribution is 5.59. The Balaban J connectivity index is 1.37. The van der Waals surface area contributed by atoms with Gasteiger partial charge in [0, 0.05) is 18.8 Å². The van der Waals surface area contributed by atoms with Crippen LogP contribution in [-0.2, 0) is 17.5 Å². The fraction of sp³-hybridized carbons (Fsp3) is 0.318.